The summed E-state index contributed by atoms with van der Waals surface area (Å²) in [6, 6.07) is 9.48. The van der Waals surface area contributed by atoms with Crippen LogP contribution in [0.1, 0.15) is 49.1 Å². The minimum absolute atomic E-state index is 0.120. The second-order valence-corrected chi connectivity index (χ2v) is 8.62. The van der Waals surface area contributed by atoms with Crippen molar-refractivity contribution < 1.29 is 19.0 Å². The molecule has 4 aliphatic rings. The van der Waals surface area contributed by atoms with E-state index < -0.39 is 11.6 Å². The lowest BCUT2D eigenvalue weighted by Gasteiger charge is -2.62. The summed E-state index contributed by atoms with van der Waals surface area (Å²) in [7, 11) is 0. The zero-order valence-electron chi connectivity index (χ0n) is 14.5. The average molecular weight is 356 g/mol. The Balaban J connectivity index is 1.68. The smallest absolute Gasteiger partial charge is 0.165 e. The van der Waals surface area contributed by atoms with Crippen molar-refractivity contribution in [2.45, 2.75) is 43.4 Å². The minimum Gasteiger partial charge on any atom is -0.505 e. The second kappa shape index (κ2) is 5.45. The van der Waals surface area contributed by atoms with Crippen molar-refractivity contribution in [1.82, 2.24) is 0 Å². The molecule has 26 heavy (non-hydrogen) atoms. The highest BCUT2D eigenvalue weighted by molar-refractivity contribution is 5.42. The van der Waals surface area contributed by atoms with Gasteiger partial charge in [-0.3, -0.25) is 0 Å². The zero-order chi connectivity index (χ0) is 18.1. The van der Waals surface area contributed by atoms with Gasteiger partial charge in [0.15, 0.2) is 23.1 Å². The first-order chi connectivity index (χ1) is 12.5. The molecule has 2 nitrogen and oxygen atoms in total. The summed E-state index contributed by atoms with van der Waals surface area (Å²) in [4.78, 5) is 0. The third-order valence-corrected chi connectivity index (χ3v) is 7.16. The van der Waals surface area contributed by atoms with Crippen LogP contribution in [0.15, 0.2) is 36.4 Å². The van der Waals surface area contributed by atoms with Gasteiger partial charge >= 0.3 is 0 Å². The van der Waals surface area contributed by atoms with E-state index in [0.29, 0.717) is 17.8 Å². The molecule has 0 heterocycles. The summed E-state index contributed by atoms with van der Waals surface area (Å²) >= 11 is 0. The topological polar surface area (TPSA) is 40.5 Å². The van der Waals surface area contributed by atoms with Gasteiger partial charge in [-0.2, -0.15) is 0 Å². The molecule has 136 valence electrons. The van der Waals surface area contributed by atoms with E-state index in [1.807, 2.05) is 12.1 Å². The largest absolute Gasteiger partial charge is 0.505 e. The molecule has 4 aliphatic carbocycles. The molecule has 3 atom stereocenters. The quantitative estimate of drug-likeness (QED) is 0.773. The van der Waals surface area contributed by atoms with Crippen LogP contribution in [0, 0.1) is 29.4 Å². The van der Waals surface area contributed by atoms with Gasteiger partial charge in [-0.25, -0.2) is 8.78 Å². The fraction of sp³-hybridized carbons (Fsp3) is 0.455. The number of benzene rings is 2. The van der Waals surface area contributed by atoms with Crippen molar-refractivity contribution >= 4 is 0 Å². The molecule has 0 spiro atoms. The Bertz CT molecular complexity index is 864. The molecule has 4 bridgehead atoms. The number of hydrogen-bond acceptors (Lipinski definition) is 2. The molecule has 2 aromatic carbocycles. The van der Waals surface area contributed by atoms with E-state index in [2.05, 4.69) is 0 Å². The van der Waals surface area contributed by atoms with E-state index in [9.17, 15) is 19.0 Å². The zero-order valence-corrected chi connectivity index (χ0v) is 14.5. The van der Waals surface area contributed by atoms with Crippen LogP contribution in [0.25, 0.3) is 0 Å². The Morgan fingerprint density at radius 3 is 2.04 bits per heavy atom. The van der Waals surface area contributed by atoms with Crippen LogP contribution in [0.4, 0.5) is 8.78 Å². The maximum Gasteiger partial charge on any atom is 0.165 e. The molecule has 0 aromatic heterocycles. The summed E-state index contributed by atoms with van der Waals surface area (Å²) in [5, 5.41) is 19.2. The van der Waals surface area contributed by atoms with Gasteiger partial charge in [-0.1, -0.05) is 12.1 Å². The summed E-state index contributed by atoms with van der Waals surface area (Å²) < 4.78 is 28.3. The lowest BCUT2D eigenvalue weighted by molar-refractivity contribution is -0.0283. The monoisotopic (exact) mass is 356 g/mol. The highest BCUT2D eigenvalue weighted by Gasteiger charge is 2.58. The molecule has 4 saturated carbocycles. The molecule has 4 fully saturated rings. The maximum atomic E-state index is 14.2. The first-order valence-corrected chi connectivity index (χ1v) is 9.44. The van der Waals surface area contributed by atoms with E-state index in [1.54, 1.807) is 0 Å². The molecule has 2 N–H and O–H groups in total. The van der Waals surface area contributed by atoms with Gasteiger partial charge < -0.3 is 10.2 Å². The third kappa shape index (κ3) is 2.20. The molecule has 4 heteroatoms. The van der Waals surface area contributed by atoms with Crippen LogP contribution in [-0.2, 0) is 5.41 Å². The highest BCUT2D eigenvalue weighted by atomic mass is 19.1. The summed E-state index contributed by atoms with van der Waals surface area (Å²) in [6.07, 6.45) is 5.50. The van der Waals surface area contributed by atoms with E-state index in [1.165, 1.54) is 30.7 Å². The SMILES string of the molecule is Oc1ccc(C2C3CC4CC(C3)CC2(c2ccc(O)c(F)c2)C4)cc1F. The Morgan fingerprint density at radius 2 is 1.42 bits per heavy atom. The van der Waals surface area contributed by atoms with Crippen molar-refractivity contribution in [3.8, 4) is 11.5 Å². The normalized spacial score (nSPS) is 35.0. The van der Waals surface area contributed by atoms with E-state index in [4.69, 9.17) is 0 Å². The molecular formula is C22H22F2O2. The predicted octanol–water partition coefficient (Wildman–Crippen LogP) is 5.24. The molecule has 0 amide bonds. The number of hydrogen-bond donors (Lipinski definition) is 2. The van der Waals surface area contributed by atoms with Gasteiger partial charge in [0, 0.05) is 5.41 Å². The minimum atomic E-state index is -0.594. The molecule has 6 rings (SSSR count). The average Bonchev–Trinajstić information content (AvgIpc) is 2.59. The van der Waals surface area contributed by atoms with Gasteiger partial charge in [0.1, 0.15) is 0 Å². The number of rotatable bonds is 2. The maximum absolute atomic E-state index is 14.2. The van der Waals surface area contributed by atoms with E-state index in [0.717, 1.165) is 36.8 Å². The van der Waals surface area contributed by atoms with Gasteiger partial charge in [0.05, 0.1) is 0 Å². The molecule has 0 radical (unpaired) electrons. The lowest BCUT2D eigenvalue weighted by Crippen LogP contribution is -2.53. The van der Waals surface area contributed by atoms with Crippen molar-refractivity contribution in [2.75, 3.05) is 0 Å². The van der Waals surface area contributed by atoms with Crippen LogP contribution < -0.4 is 0 Å². The Kier molecular flexibility index (Phi) is 3.37. The fourth-order valence-electron chi connectivity index (χ4n) is 6.58. The van der Waals surface area contributed by atoms with Crippen LogP contribution in [-0.4, -0.2) is 10.2 Å². The lowest BCUT2D eigenvalue weighted by atomic mass is 9.42. The van der Waals surface area contributed by atoms with Gasteiger partial charge in [-0.05, 0) is 91.2 Å². The van der Waals surface area contributed by atoms with Gasteiger partial charge in [-0.15, -0.1) is 0 Å². The van der Waals surface area contributed by atoms with Gasteiger partial charge in [0.25, 0.3) is 0 Å². The molecule has 0 aliphatic heterocycles. The number of halogens is 2. The van der Waals surface area contributed by atoms with Crippen LogP contribution in [0.5, 0.6) is 11.5 Å². The fourth-order valence-corrected chi connectivity index (χ4v) is 6.58. The number of aromatic hydroxyl groups is 2. The summed E-state index contributed by atoms with van der Waals surface area (Å²) in [5.74, 6) is 0.0202. The van der Waals surface area contributed by atoms with Crippen molar-refractivity contribution in [2.24, 2.45) is 17.8 Å². The van der Waals surface area contributed by atoms with Crippen LogP contribution in [0.3, 0.4) is 0 Å². The Labute approximate surface area is 151 Å². The first-order valence-electron chi connectivity index (χ1n) is 9.44. The van der Waals surface area contributed by atoms with Gasteiger partial charge in [0.2, 0.25) is 0 Å². The molecule has 2 aromatic rings. The molecular weight excluding hydrogens is 334 g/mol. The van der Waals surface area contributed by atoms with Crippen molar-refractivity contribution in [3.63, 3.8) is 0 Å². The molecule has 3 unspecified atom stereocenters. The summed E-state index contributed by atoms with van der Waals surface area (Å²) in [6.45, 7) is 0. The Hall–Kier alpha value is -2.10. The van der Waals surface area contributed by atoms with Crippen molar-refractivity contribution in [3.05, 3.63) is 59.2 Å². The first kappa shape index (κ1) is 16.1. The Morgan fingerprint density at radius 1 is 0.808 bits per heavy atom. The van der Waals surface area contributed by atoms with Crippen LogP contribution >= 0.6 is 0 Å². The standard InChI is InChI=1S/C22H22F2O2/c23-17-8-14(1-3-19(17)25)21-15-6-12-5-13(7-15)11-22(21,10-12)16-2-4-20(26)18(24)9-16/h1-4,8-9,12-13,15,21,25-26H,5-7,10-11H2. The number of phenolic OH excluding ortho intramolecular Hbond substituents is 2. The highest BCUT2D eigenvalue weighted by Crippen LogP contribution is 2.66. The second-order valence-electron chi connectivity index (χ2n) is 8.62. The van der Waals surface area contributed by atoms with E-state index in [-0.39, 0.29) is 22.8 Å². The van der Waals surface area contributed by atoms with Crippen molar-refractivity contribution in [1.29, 1.82) is 0 Å². The van der Waals surface area contributed by atoms with E-state index >= 15 is 0 Å². The third-order valence-electron chi connectivity index (χ3n) is 7.16. The molecule has 0 saturated heterocycles. The predicted molar refractivity (Wildman–Crippen MR) is 94.1 cm³/mol. The number of phenols is 2. The summed E-state index contributed by atoms with van der Waals surface area (Å²) in [5.41, 5.74) is 1.61. The van der Waals surface area contributed by atoms with Crippen LogP contribution in [0.2, 0.25) is 0 Å².